The van der Waals surface area contributed by atoms with Gasteiger partial charge in [-0.2, -0.15) is 16.7 Å². The van der Waals surface area contributed by atoms with E-state index in [-0.39, 0.29) is 0 Å². The topological polar surface area (TPSA) is 60.2 Å². The standard InChI is InChI=1S/C13H23N3OS/c1-4-9-17-13-11(14)5-6-12(16-13)15-8-7-10(2)18-3/h5-6,10H,4,7-9,14H2,1-3H3,(H,15,16). The van der Waals surface area contributed by atoms with E-state index in [0.29, 0.717) is 23.4 Å². The molecule has 0 saturated carbocycles. The first-order valence-corrected chi connectivity index (χ1v) is 7.62. The molecule has 1 atom stereocenters. The molecule has 1 heterocycles. The van der Waals surface area contributed by atoms with Gasteiger partial charge in [0.2, 0.25) is 5.88 Å². The zero-order valence-corrected chi connectivity index (χ0v) is 12.2. The quantitative estimate of drug-likeness (QED) is 0.759. The molecular formula is C13H23N3OS. The maximum atomic E-state index is 5.81. The Balaban J connectivity index is 2.50. The number of nitrogen functional groups attached to an aromatic ring is 1. The van der Waals surface area contributed by atoms with Crippen molar-refractivity contribution in [3.8, 4) is 5.88 Å². The number of aromatic nitrogens is 1. The predicted octanol–water partition coefficient (Wildman–Crippen LogP) is 3.01. The summed E-state index contributed by atoms with van der Waals surface area (Å²) in [4.78, 5) is 4.37. The molecule has 3 N–H and O–H groups in total. The molecule has 4 nitrogen and oxygen atoms in total. The number of thioether (sulfide) groups is 1. The monoisotopic (exact) mass is 269 g/mol. The van der Waals surface area contributed by atoms with Crippen LogP contribution in [0, 0.1) is 0 Å². The Hall–Kier alpha value is -1.10. The summed E-state index contributed by atoms with van der Waals surface area (Å²) in [6.45, 7) is 5.83. The minimum atomic E-state index is 0.528. The SMILES string of the molecule is CCCOc1nc(NCCC(C)SC)ccc1N. The van der Waals surface area contributed by atoms with Gasteiger partial charge in [0.1, 0.15) is 5.82 Å². The molecule has 0 aliphatic rings. The van der Waals surface area contributed by atoms with Crippen molar-refractivity contribution >= 4 is 23.3 Å². The highest BCUT2D eigenvalue weighted by Crippen LogP contribution is 2.21. The highest BCUT2D eigenvalue weighted by atomic mass is 32.2. The first-order chi connectivity index (χ1) is 8.67. The Morgan fingerprint density at radius 2 is 2.28 bits per heavy atom. The third-order valence-corrected chi connectivity index (χ3v) is 3.63. The average molecular weight is 269 g/mol. The van der Waals surface area contributed by atoms with Gasteiger partial charge in [-0.1, -0.05) is 13.8 Å². The van der Waals surface area contributed by atoms with Gasteiger partial charge in [0.05, 0.1) is 12.3 Å². The lowest BCUT2D eigenvalue weighted by Gasteiger charge is -2.12. The van der Waals surface area contributed by atoms with Gasteiger partial charge in [0, 0.05) is 11.8 Å². The van der Waals surface area contributed by atoms with Crippen LogP contribution in [0.5, 0.6) is 5.88 Å². The van der Waals surface area contributed by atoms with E-state index < -0.39 is 0 Å². The zero-order valence-electron chi connectivity index (χ0n) is 11.4. The summed E-state index contributed by atoms with van der Waals surface area (Å²) >= 11 is 1.87. The third-order valence-electron chi connectivity index (χ3n) is 2.59. The highest BCUT2D eigenvalue weighted by molar-refractivity contribution is 7.99. The van der Waals surface area contributed by atoms with Gasteiger partial charge in [0.15, 0.2) is 0 Å². The van der Waals surface area contributed by atoms with Crippen molar-refractivity contribution in [3.05, 3.63) is 12.1 Å². The molecule has 0 aromatic carbocycles. The Morgan fingerprint density at radius 1 is 1.50 bits per heavy atom. The molecule has 0 aliphatic heterocycles. The summed E-state index contributed by atoms with van der Waals surface area (Å²) in [6.07, 6.45) is 4.19. The predicted molar refractivity (Wildman–Crippen MR) is 80.5 cm³/mol. The van der Waals surface area contributed by atoms with Crippen LogP contribution in [0.15, 0.2) is 12.1 Å². The Labute approximate surface area is 114 Å². The van der Waals surface area contributed by atoms with Gasteiger partial charge in [-0.15, -0.1) is 0 Å². The lowest BCUT2D eigenvalue weighted by Crippen LogP contribution is -2.10. The first-order valence-electron chi connectivity index (χ1n) is 6.33. The van der Waals surface area contributed by atoms with Crippen molar-refractivity contribution in [1.29, 1.82) is 0 Å². The van der Waals surface area contributed by atoms with Crippen LogP contribution in [-0.4, -0.2) is 29.6 Å². The largest absolute Gasteiger partial charge is 0.476 e. The number of anilines is 2. The molecule has 5 heteroatoms. The lowest BCUT2D eigenvalue weighted by molar-refractivity contribution is 0.307. The van der Waals surface area contributed by atoms with Crippen molar-refractivity contribution < 1.29 is 4.74 Å². The van der Waals surface area contributed by atoms with E-state index in [4.69, 9.17) is 10.5 Å². The van der Waals surface area contributed by atoms with Gasteiger partial charge >= 0.3 is 0 Å². The molecule has 1 aromatic rings. The molecule has 0 spiro atoms. The number of hydrogen-bond acceptors (Lipinski definition) is 5. The maximum absolute atomic E-state index is 5.81. The van der Waals surface area contributed by atoms with E-state index in [1.165, 1.54) is 0 Å². The molecule has 0 amide bonds. The summed E-state index contributed by atoms with van der Waals surface area (Å²) in [5, 5.41) is 3.95. The fourth-order valence-electron chi connectivity index (χ4n) is 1.39. The summed E-state index contributed by atoms with van der Waals surface area (Å²) in [6, 6.07) is 3.72. The van der Waals surface area contributed by atoms with Gasteiger partial charge < -0.3 is 15.8 Å². The van der Waals surface area contributed by atoms with Crippen molar-refractivity contribution in [3.63, 3.8) is 0 Å². The van der Waals surface area contributed by atoms with Crippen LogP contribution in [-0.2, 0) is 0 Å². The Kier molecular flexibility index (Phi) is 6.72. The first kappa shape index (κ1) is 15.0. The summed E-state index contributed by atoms with van der Waals surface area (Å²) in [5.74, 6) is 1.35. The van der Waals surface area contributed by atoms with E-state index >= 15 is 0 Å². The van der Waals surface area contributed by atoms with Crippen LogP contribution in [0.4, 0.5) is 11.5 Å². The number of ether oxygens (including phenoxy) is 1. The molecule has 0 saturated heterocycles. The van der Waals surface area contributed by atoms with Crippen LogP contribution in [0.25, 0.3) is 0 Å². The van der Waals surface area contributed by atoms with Crippen LogP contribution in [0.1, 0.15) is 26.7 Å². The summed E-state index contributed by atoms with van der Waals surface area (Å²) in [7, 11) is 0. The maximum Gasteiger partial charge on any atom is 0.239 e. The van der Waals surface area contributed by atoms with Crippen LogP contribution in [0.3, 0.4) is 0 Å². The van der Waals surface area contributed by atoms with E-state index in [2.05, 4.69) is 30.4 Å². The van der Waals surface area contributed by atoms with Gasteiger partial charge in [-0.05, 0) is 31.2 Å². The molecule has 0 aliphatic carbocycles. The third kappa shape index (κ3) is 5.04. The van der Waals surface area contributed by atoms with Gasteiger partial charge in [0.25, 0.3) is 0 Å². The molecule has 1 unspecified atom stereocenters. The second-order valence-corrected chi connectivity index (χ2v) is 5.48. The second-order valence-electron chi connectivity index (χ2n) is 4.20. The zero-order chi connectivity index (χ0) is 13.4. The van der Waals surface area contributed by atoms with E-state index in [1.54, 1.807) is 0 Å². The fraction of sp³-hybridized carbons (Fsp3) is 0.615. The normalized spacial score (nSPS) is 12.2. The number of nitrogens with two attached hydrogens (primary N) is 1. The molecule has 0 fully saturated rings. The van der Waals surface area contributed by atoms with Crippen molar-refractivity contribution in [1.82, 2.24) is 4.98 Å². The number of nitrogens with one attached hydrogen (secondary N) is 1. The van der Waals surface area contributed by atoms with E-state index in [0.717, 1.165) is 25.2 Å². The fourth-order valence-corrected chi connectivity index (χ4v) is 1.74. The molecule has 0 bridgehead atoms. The molecule has 102 valence electrons. The number of hydrogen-bond donors (Lipinski definition) is 2. The van der Waals surface area contributed by atoms with Crippen molar-refractivity contribution in [2.45, 2.75) is 31.9 Å². The van der Waals surface area contributed by atoms with Crippen LogP contribution < -0.4 is 15.8 Å². The molecule has 18 heavy (non-hydrogen) atoms. The number of pyridine rings is 1. The smallest absolute Gasteiger partial charge is 0.239 e. The van der Waals surface area contributed by atoms with Crippen LogP contribution >= 0.6 is 11.8 Å². The molecule has 1 rings (SSSR count). The van der Waals surface area contributed by atoms with Gasteiger partial charge in [-0.25, -0.2) is 0 Å². The molecule has 1 aromatic heterocycles. The van der Waals surface area contributed by atoms with E-state index in [9.17, 15) is 0 Å². The highest BCUT2D eigenvalue weighted by Gasteiger charge is 2.04. The second kappa shape index (κ2) is 8.08. The molecule has 0 radical (unpaired) electrons. The molecular weight excluding hydrogens is 246 g/mol. The minimum absolute atomic E-state index is 0.528. The average Bonchev–Trinajstić information content (AvgIpc) is 2.38. The van der Waals surface area contributed by atoms with Crippen molar-refractivity contribution in [2.75, 3.05) is 30.5 Å². The summed E-state index contributed by atoms with van der Waals surface area (Å²) < 4.78 is 5.49. The van der Waals surface area contributed by atoms with E-state index in [1.807, 2.05) is 23.9 Å². The minimum Gasteiger partial charge on any atom is -0.476 e. The van der Waals surface area contributed by atoms with Crippen LogP contribution in [0.2, 0.25) is 0 Å². The Morgan fingerprint density at radius 3 is 2.94 bits per heavy atom. The lowest BCUT2D eigenvalue weighted by atomic mass is 10.3. The Bertz CT molecular complexity index is 360. The number of nitrogens with zero attached hydrogens (tertiary/aromatic N) is 1. The summed E-state index contributed by atoms with van der Waals surface area (Å²) in [5.41, 5.74) is 6.40. The van der Waals surface area contributed by atoms with Gasteiger partial charge in [-0.3, -0.25) is 0 Å². The van der Waals surface area contributed by atoms with Crippen molar-refractivity contribution in [2.24, 2.45) is 0 Å². The number of rotatable bonds is 8.